The van der Waals surface area contributed by atoms with Gasteiger partial charge in [-0.25, -0.2) is 9.97 Å². The fourth-order valence-corrected chi connectivity index (χ4v) is 2.51. The molecular formula is C12H19ClN4. The molecule has 0 bridgehead atoms. The van der Waals surface area contributed by atoms with Gasteiger partial charge >= 0.3 is 0 Å². The van der Waals surface area contributed by atoms with Gasteiger partial charge in [-0.05, 0) is 25.2 Å². The van der Waals surface area contributed by atoms with Crippen molar-refractivity contribution in [2.45, 2.75) is 26.2 Å². The number of hydrogen-bond donors (Lipinski definition) is 1. The molecule has 94 valence electrons. The van der Waals surface area contributed by atoms with Gasteiger partial charge in [0.25, 0.3) is 0 Å². The molecule has 0 aliphatic carbocycles. The predicted octanol–water partition coefficient (Wildman–Crippen LogP) is 2.80. The second-order valence-corrected chi connectivity index (χ2v) is 4.99. The first-order valence-corrected chi connectivity index (χ1v) is 6.53. The van der Waals surface area contributed by atoms with E-state index in [1.807, 2.05) is 7.05 Å². The smallest absolute Gasteiger partial charge is 0.157 e. The highest BCUT2D eigenvalue weighted by atomic mass is 35.5. The minimum atomic E-state index is 0.495. The number of rotatable bonds is 2. The molecular weight excluding hydrogens is 236 g/mol. The molecule has 0 saturated carbocycles. The zero-order chi connectivity index (χ0) is 12.3. The molecule has 1 saturated heterocycles. The maximum atomic E-state index is 6.08. The molecule has 1 aromatic rings. The van der Waals surface area contributed by atoms with Gasteiger partial charge in [0.2, 0.25) is 0 Å². The largest absolute Gasteiger partial charge is 0.383 e. The predicted molar refractivity (Wildman–Crippen MR) is 71.8 cm³/mol. The summed E-state index contributed by atoms with van der Waals surface area (Å²) in [6.07, 6.45) is 5.26. The van der Waals surface area contributed by atoms with E-state index in [1.165, 1.54) is 25.6 Å². The lowest BCUT2D eigenvalue weighted by Crippen LogP contribution is -2.26. The standard InChI is InChI=1S/C12H19ClN4/c1-9-4-3-6-17(7-5-9)12-10(14-2)11(13)15-8-16-12/h8-9,14H,3-7H2,1-2H3. The molecule has 1 aliphatic rings. The lowest BCUT2D eigenvalue weighted by molar-refractivity contribution is 0.521. The number of nitrogens with one attached hydrogen (secondary N) is 1. The van der Waals surface area contributed by atoms with Crippen molar-refractivity contribution < 1.29 is 0 Å². The van der Waals surface area contributed by atoms with Crippen LogP contribution in [0.5, 0.6) is 0 Å². The van der Waals surface area contributed by atoms with Gasteiger partial charge in [0, 0.05) is 20.1 Å². The fourth-order valence-electron chi connectivity index (χ4n) is 2.29. The van der Waals surface area contributed by atoms with E-state index in [0.717, 1.165) is 30.5 Å². The Hall–Kier alpha value is -1.03. The van der Waals surface area contributed by atoms with Gasteiger partial charge in [0.15, 0.2) is 11.0 Å². The molecule has 0 amide bonds. The van der Waals surface area contributed by atoms with Crippen LogP contribution in [0.4, 0.5) is 11.5 Å². The summed E-state index contributed by atoms with van der Waals surface area (Å²) in [5, 5.41) is 3.59. The Morgan fingerprint density at radius 2 is 2.18 bits per heavy atom. The van der Waals surface area contributed by atoms with E-state index < -0.39 is 0 Å². The van der Waals surface area contributed by atoms with E-state index in [9.17, 15) is 0 Å². The molecule has 1 aromatic heterocycles. The highest BCUT2D eigenvalue weighted by molar-refractivity contribution is 6.32. The first-order chi connectivity index (χ1) is 8.22. The van der Waals surface area contributed by atoms with Gasteiger partial charge in [-0.2, -0.15) is 0 Å². The van der Waals surface area contributed by atoms with E-state index in [1.54, 1.807) is 0 Å². The number of anilines is 2. The second-order valence-electron chi connectivity index (χ2n) is 4.64. The molecule has 4 nitrogen and oxygen atoms in total. The molecule has 2 rings (SSSR count). The Kier molecular flexibility index (Phi) is 4.05. The van der Waals surface area contributed by atoms with Crippen molar-refractivity contribution in [3.05, 3.63) is 11.5 Å². The zero-order valence-electron chi connectivity index (χ0n) is 10.4. The fraction of sp³-hybridized carbons (Fsp3) is 0.667. The molecule has 0 radical (unpaired) electrons. The van der Waals surface area contributed by atoms with Gasteiger partial charge in [0.1, 0.15) is 12.0 Å². The van der Waals surface area contributed by atoms with Crippen LogP contribution in [0, 0.1) is 5.92 Å². The van der Waals surface area contributed by atoms with Crippen molar-refractivity contribution in [3.8, 4) is 0 Å². The van der Waals surface area contributed by atoms with E-state index in [2.05, 4.69) is 27.1 Å². The maximum absolute atomic E-state index is 6.08. The van der Waals surface area contributed by atoms with Crippen molar-refractivity contribution in [3.63, 3.8) is 0 Å². The molecule has 1 N–H and O–H groups in total. The van der Waals surface area contributed by atoms with Gasteiger partial charge in [0.05, 0.1) is 0 Å². The average Bonchev–Trinajstić information content (AvgIpc) is 2.54. The van der Waals surface area contributed by atoms with Crippen molar-refractivity contribution >= 4 is 23.1 Å². The van der Waals surface area contributed by atoms with Crippen LogP contribution in [0.25, 0.3) is 0 Å². The first-order valence-electron chi connectivity index (χ1n) is 6.15. The molecule has 1 aliphatic heterocycles. The molecule has 17 heavy (non-hydrogen) atoms. The lowest BCUT2D eigenvalue weighted by Gasteiger charge is -2.24. The summed E-state index contributed by atoms with van der Waals surface area (Å²) in [6, 6.07) is 0. The Bertz CT molecular complexity index is 383. The van der Waals surface area contributed by atoms with Gasteiger partial charge in [-0.1, -0.05) is 18.5 Å². The third kappa shape index (κ3) is 2.80. The number of aromatic nitrogens is 2. The Labute approximate surface area is 107 Å². The molecule has 1 unspecified atom stereocenters. The minimum absolute atomic E-state index is 0.495. The van der Waals surface area contributed by atoms with E-state index in [0.29, 0.717) is 5.15 Å². The number of hydrogen-bond acceptors (Lipinski definition) is 4. The quantitative estimate of drug-likeness (QED) is 0.824. The van der Waals surface area contributed by atoms with Crippen LogP contribution in [0.15, 0.2) is 6.33 Å². The third-order valence-electron chi connectivity index (χ3n) is 3.35. The van der Waals surface area contributed by atoms with Crippen LogP contribution >= 0.6 is 11.6 Å². The first kappa shape index (κ1) is 12.4. The van der Waals surface area contributed by atoms with Crippen LogP contribution in [0.1, 0.15) is 26.2 Å². The summed E-state index contributed by atoms with van der Waals surface area (Å²) < 4.78 is 0. The van der Waals surface area contributed by atoms with Gasteiger partial charge < -0.3 is 10.2 Å². The summed E-state index contributed by atoms with van der Waals surface area (Å²) in [5.41, 5.74) is 0.837. The van der Waals surface area contributed by atoms with Crippen molar-refractivity contribution in [2.75, 3.05) is 30.4 Å². The minimum Gasteiger partial charge on any atom is -0.383 e. The van der Waals surface area contributed by atoms with Gasteiger partial charge in [-0.3, -0.25) is 0 Å². The Morgan fingerprint density at radius 3 is 2.94 bits per heavy atom. The third-order valence-corrected chi connectivity index (χ3v) is 3.63. The van der Waals surface area contributed by atoms with Crippen LogP contribution < -0.4 is 10.2 Å². The lowest BCUT2D eigenvalue weighted by atomic mass is 10.0. The molecule has 5 heteroatoms. The van der Waals surface area contributed by atoms with Crippen molar-refractivity contribution in [1.29, 1.82) is 0 Å². The highest BCUT2D eigenvalue weighted by Crippen LogP contribution is 2.30. The summed E-state index contributed by atoms with van der Waals surface area (Å²) in [4.78, 5) is 10.7. The molecule has 1 atom stereocenters. The molecule has 0 aromatic carbocycles. The van der Waals surface area contributed by atoms with E-state index in [4.69, 9.17) is 11.6 Å². The van der Waals surface area contributed by atoms with Crippen LogP contribution in [-0.2, 0) is 0 Å². The maximum Gasteiger partial charge on any atom is 0.157 e. The van der Waals surface area contributed by atoms with Crippen LogP contribution in [-0.4, -0.2) is 30.1 Å². The number of nitrogens with zero attached hydrogens (tertiary/aromatic N) is 3. The summed E-state index contributed by atoms with van der Waals surface area (Å²) >= 11 is 6.08. The molecule has 2 heterocycles. The summed E-state index contributed by atoms with van der Waals surface area (Å²) in [5.74, 6) is 1.73. The Morgan fingerprint density at radius 1 is 1.35 bits per heavy atom. The van der Waals surface area contributed by atoms with Crippen molar-refractivity contribution in [2.24, 2.45) is 5.92 Å². The van der Waals surface area contributed by atoms with Crippen LogP contribution in [0.3, 0.4) is 0 Å². The van der Waals surface area contributed by atoms with Crippen LogP contribution in [0.2, 0.25) is 5.15 Å². The van der Waals surface area contributed by atoms with E-state index >= 15 is 0 Å². The zero-order valence-corrected chi connectivity index (χ0v) is 11.2. The molecule has 0 spiro atoms. The summed E-state index contributed by atoms with van der Waals surface area (Å²) in [6.45, 7) is 4.41. The molecule has 1 fully saturated rings. The normalized spacial score (nSPS) is 21.1. The monoisotopic (exact) mass is 254 g/mol. The SMILES string of the molecule is CNc1c(Cl)ncnc1N1CCCC(C)CC1. The van der Waals surface area contributed by atoms with Crippen molar-refractivity contribution in [1.82, 2.24) is 9.97 Å². The summed E-state index contributed by atoms with van der Waals surface area (Å²) in [7, 11) is 1.86. The number of halogens is 1. The Balaban J connectivity index is 2.23. The van der Waals surface area contributed by atoms with E-state index in [-0.39, 0.29) is 0 Å². The average molecular weight is 255 g/mol. The second kappa shape index (κ2) is 5.54. The topological polar surface area (TPSA) is 41.1 Å². The van der Waals surface area contributed by atoms with Gasteiger partial charge in [-0.15, -0.1) is 0 Å². The highest BCUT2D eigenvalue weighted by Gasteiger charge is 2.19.